The molecule has 0 aromatic heterocycles. The van der Waals surface area contributed by atoms with Crippen molar-refractivity contribution >= 4 is 17.8 Å². The van der Waals surface area contributed by atoms with E-state index in [0.29, 0.717) is 17.6 Å². The highest BCUT2D eigenvalue weighted by Gasteiger charge is 2.40. The average Bonchev–Trinajstić information content (AvgIpc) is 2.57. The summed E-state index contributed by atoms with van der Waals surface area (Å²) in [5.41, 5.74) is 0.879. The van der Waals surface area contributed by atoms with E-state index < -0.39 is 23.8 Å². The lowest BCUT2D eigenvalue weighted by atomic mass is 10.0. The van der Waals surface area contributed by atoms with Gasteiger partial charge in [0.15, 0.2) is 0 Å². The van der Waals surface area contributed by atoms with Gasteiger partial charge in [0, 0.05) is 11.1 Å². The minimum Gasteiger partial charge on any atom is -0.480 e. The smallest absolute Gasteiger partial charge is 0.326 e. The van der Waals surface area contributed by atoms with Crippen LogP contribution < -0.4 is 0 Å². The molecule has 0 fully saturated rings. The summed E-state index contributed by atoms with van der Waals surface area (Å²) in [6, 6.07) is -1.11. The molecule has 0 spiro atoms. The highest BCUT2D eigenvalue weighted by atomic mass is 16.4. The Morgan fingerprint density at radius 1 is 1.21 bits per heavy atom. The van der Waals surface area contributed by atoms with E-state index in [2.05, 4.69) is 6.92 Å². The lowest BCUT2D eigenvalue weighted by Crippen LogP contribution is -2.43. The molecule has 1 N–H and O–H groups in total. The zero-order valence-corrected chi connectivity index (χ0v) is 11.7. The van der Waals surface area contributed by atoms with Crippen LogP contribution in [0.5, 0.6) is 0 Å². The van der Waals surface area contributed by atoms with E-state index in [1.54, 1.807) is 6.92 Å². The van der Waals surface area contributed by atoms with Gasteiger partial charge in [-0.1, -0.05) is 26.2 Å². The third kappa shape index (κ3) is 3.22. The normalized spacial score (nSPS) is 17.3. The molecule has 0 aromatic carbocycles. The van der Waals surface area contributed by atoms with Gasteiger partial charge in [-0.25, -0.2) is 4.79 Å². The Morgan fingerprint density at radius 3 is 2.37 bits per heavy atom. The average molecular weight is 267 g/mol. The number of unbranched alkanes of at least 4 members (excludes halogenated alkanes) is 3. The number of imide groups is 1. The molecule has 2 amide bonds. The molecule has 106 valence electrons. The first-order valence-corrected chi connectivity index (χ1v) is 6.72. The monoisotopic (exact) mass is 267 g/mol. The first-order chi connectivity index (χ1) is 8.91. The van der Waals surface area contributed by atoms with Gasteiger partial charge in [0.25, 0.3) is 11.8 Å². The Balaban J connectivity index is 2.75. The third-order valence-electron chi connectivity index (χ3n) is 3.49. The zero-order chi connectivity index (χ0) is 14.6. The van der Waals surface area contributed by atoms with Gasteiger partial charge in [-0.3, -0.25) is 14.5 Å². The van der Waals surface area contributed by atoms with Crippen molar-refractivity contribution in [1.82, 2.24) is 4.90 Å². The maximum Gasteiger partial charge on any atom is 0.326 e. The van der Waals surface area contributed by atoms with Crippen molar-refractivity contribution in [3.8, 4) is 0 Å². The number of carbonyl (C=O) groups excluding carboxylic acids is 2. The molecular formula is C14H21NO4. The van der Waals surface area contributed by atoms with E-state index in [-0.39, 0.29) is 0 Å². The molecule has 1 atom stereocenters. The Labute approximate surface area is 113 Å². The lowest BCUT2D eigenvalue weighted by molar-refractivity contribution is -0.152. The summed E-state index contributed by atoms with van der Waals surface area (Å²) >= 11 is 0. The number of hydrogen-bond donors (Lipinski definition) is 1. The summed E-state index contributed by atoms with van der Waals surface area (Å²) < 4.78 is 0. The van der Waals surface area contributed by atoms with E-state index in [1.807, 2.05) is 0 Å². The van der Waals surface area contributed by atoms with E-state index in [0.717, 1.165) is 30.6 Å². The molecule has 5 heteroatoms. The van der Waals surface area contributed by atoms with Gasteiger partial charge in [0.05, 0.1) is 0 Å². The van der Waals surface area contributed by atoms with Crippen LogP contribution in [-0.2, 0) is 14.4 Å². The molecule has 0 unspecified atom stereocenters. The highest BCUT2D eigenvalue weighted by molar-refractivity contribution is 6.20. The second-order valence-electron chi connectivity index (χ2n) is 4.91. The Hall–Kier alpha value is -1.65. The van der Waals surface area contributed by atoms with Gasteiger partial charge >= 0.3 is 5.97 Å². The van der Waals surface area contributed by atoms with E-state index in [9.17, 15) is 14.4 Å². The zero-order valence-electron chi connectivity index (χ0n) is 11.7. The summed E-state index contributed by atoms with van der Waals surface area (Å²) in [7, 11) is 0. The Bertz CT molecular complexity index is 425. The van der Waals surface area contributed by atoms with Crippen LogP contribution in [-0.4, -0.2) is 33.8 Å². The van der Waals surface area contributed by atoms with E-state index in [1.165, 1.54) is 6.92 Å². The molecule has 0 bridgehead atoms. The van der Waals surface area contributed by atoms with E-state index in [4.69, 9.17) is 5.11 Å². The van der Waals surface area contributed by atoms with Gasteiger partial charge in [0.1, 0.15) is 6.04 Å². The van der Waals surface area contributed by atoms with Crippen molar-refractivity contribution < 1.29 is 19.5 Å². The van der Waals surface area contributed by atoms with Crippen LogP contribution in [0.4, 0.5) is 0 Å². The van der Waals surface area contributed by atoms with Gasteiger partial charge in [-0.15, -0.1) is 0 Å². The number of amides is 2. The quantitative estimate of drug-likeness (QED) is 0.566. The summed E-state index contributed by atoms with van der Waals surface area (Å²) in [6.07, 6.45) is 4.63. The molecule has 1 aliphatic rings. The van der Waals surface area contributed by atoms with Crippen LogP contribution in [0.1, 0.15) is 52.9 Å². The first-order valence-electron chi connectivity index (χ1n) is 6.72. The largest absolute Gasteiger partial charge is 0.480 e. The number of rotatable bonds is 7. The number of carbonyl (C=O) groups is 3. The van der Waals surface area contributed by atoms with Gasteiger partial charge in [0.2, 0.25) is 0 Å². The summed E-state index contributed by atoms with van der Waals surface area (Å²) in [5, 5.41) is 8.93. The summed E-state index contributed by atoms with van der Waals surface area (Å²) in [6.45, 7) is 5.06. The molecule has 1 heterocycles. The van der Waals surface area contributed by atoms with Crippen molar-refractivity contribution in [2.24, 2.45) is 0 Å². The predicted molar refractivity (Wildman–Crippen MR) is 70.4 cm³/mol. The van der Waals surface area contributed by atoms with Crippen LogP contribution in [0.15, 0.2) is 11.1 Å². The van der Waals surface area contributed by atoms with E-state index >= 15 is 0 Å². The van der Waals surface area contributed by atoms with Crippen LogP contribution in [0, 0.1) is 0 Å². The van der Waals surface area contributed by atoms with Crippen LogP contribution in [0.25, 0.3) is 0 Å². The van der Waals surface area contributed by atoms with Gasteiger partial charge in [-0.2, -0.15) is 0 Å². The molecule has 0 aromatic rings. The maximum atomic E-state index is 12.1. The topological polar surface area (TPSA) is 74.7 Å². The second kappa shape index (κ2) is 6.50. The van der Waals surface area contributed by atoms with Gasteiger partial charge < -0.3 is 5.11 Å². The lowest BCUT2D eigenvalue weighted by Gasteiger charge is -2.19. The third-order valence-corrected chi connectivity index (χ3v) is 3.49. The van der Waals surface area contributed by atoms with Crippen LogP contribution >= 0.6 is 0 Å². The molecule has 0 aliphatic carbocycles. The number of nitrogens with zero attached hydrogens (tertiary/aromatic N) is 1. The number of carboxylic acids is 1. The SMILES string of the molecule is CCCCCCC1=C(C)C(=O)N([C@H](C)C(=O)O)C1=O. The molecule has 5 nitrogen and oxygen atoms in total. The summed E-state index contributed by atoms with van der Waals surface area (Å²) in [4.78, 5) is 35.8. The maximum absolute atomic E-state index is 12.1. The molecule has 1 rings (SSSR count). The minimum atomic E-state index is -1.17. The molecule has 0 saturated heterocycles. The second-order valence-corrected chi connectivity index (χ2v) is 4.91. The van der Waals surface area contributed by atoms with Crippen molar-refractivity contribution in [3.63, 3.8) is 0 Å². The molecule has 1 aliphatic heterocycles. The fourth-order valence-electron chi connectivity index (χ4n) is 2.19. The van der Waals surface area contributed by atoms with Crippen molar-refractivity contribution in [2.45, 2.75) is 58.9 Å². The molecule has 19 heavy (non-hydrogen) atoms. The van der Waals surface area contributed by atoms with Crippen LogP contribution in [0.3, 0.4) is 0 Å². The molecule has 0 saturated carbocycles. The van der Waals surface area contributed by atoms with Crippen molar-refractivity contribution in [2.75, 3.05) is 0 Å². The standard InChI is InChI=1S/C14H21NO4/c1-4-5-6-7-8-11-9(2)12(16)15(13(11)17)10(3)14(18)19/h10H,4-8H2,1-3H3,(H,18,19)/t10-/m1/s1. The minimum absolute atomic E-state index is 0.398. The molecular weight excluding hydrogens is 246 g/mol. The van der Waals surface area contributed by atoms with Crippen molar-refractivity contribution in [1.29, 1.82) is 0 Å². The van der Waals surface area contributed by atoms with Gasteiger partial charge in [-0.05, 0) is 26.7 Å². The summed E-state index contributed by atoms with van der Waals surface area (Å²) in [5.74, 6) is -2.07. The number of carboxylic acid groups (broad SMARTS) is 1. The van der Waals surface area contributed by atoms with Crippen LogP contribution in [0.2, 0.25) is 0 Å². The Kier molecular flexibility index (Phi) is 5.27. The fourth-order valence-corrected chi connectivity index (χ4v) is 2.19. The Morgan fingerprint density at radius 2 is 1.84 bits per heavy atom. The number of aliphatic carboxylic acids is 1. The molecule has 0 radical (unpaired) electrons. The highest BCUT2D eigenvalue weighted by Crippen LogP contribution is 2.26. The van der Waals surface area contributed by atoms with Crippen molar-refractivity contribution in [3.05, 3.63) is 11.1 Å². The first kappa shape index (κ1) is 15.4. The fraction of sp³-hybridized carbons (Fsp3) is 0.643. The number of hydrogen-bond acceptors (Lipinski definition) is 3. The predicted octanol–water partition coefficient (Wildman–Crippen LogP) is 2.12.